The molecular weight excluding hydrogens is 367 g/mol. The maximum Gasteiger partial charge on any atom is 0.218 e. The second-order valence-electron chi connectivity index (χ2n) is 7.29. The highest BCUT2D eigenvalue weighted by Gasteiger charge is 2.43. The molecule has 5 heteroatoms. The topological polar surface area (TPSA) is 9.23 Å². The fraction of sp³-hybridized carbons (Fsp3) is 0.556. The molecule has 0 N–H and O–H groups in total. The van der Waals surface area contributed by atoms with Gasteiger partial charge in [0, 0.05) is 0 Å². The first kappa shape index (κ1) is 21.1. The highest BCUT2D eigenvalue weighted by Crippen LogP contribution is 2.42. The van der Waals surface area contributed by atoms with Crippen molar-refractivity contribution in [1.82, 2.24) is 0 Å². The van der Waals surface area contributed by atoms with Crippen molar-refractivity contribution in [1.29, 1.82) is 0 Å². The zero-order chi connectivity index (χ0) is 17.9. The maximum atomic E-state index is 6.29. The number of hydrogen-bond acceptors (Lipinski definition) is 1. The number of aryl methyl sites for hydroxylation is 1. The minimum absolute atomic E-state index is 0.0534. The Balaban J connectivity index is 2.97. The fourth-order valence-electron chi connectivity index (χ4n) is 1.77. The summed E-state index contributed by atoms with van der Waals surface area (Å²) in [5.74, 6) is 0. The standard InChI is InChI=1S/C18H27Cl3OSi/c1-7-14-8-10-15(11-9-14)12-13-16(18(19,20)21)22-23(5,6)17(2,3)4/h8-13,16H,7H2,1-6H3/b13-12+. The van der Waals surface area contributed by atoms with Gasteiger partial charge in [0.2, 0.25) is 3.79 Å². The summed E-state index contributed by atoms with van der Waals surface area (Å²) in [5, 5.41) is 0.0534. The molecule has 0 amide bonds. The summed E-state index contributed by atoms with van der Waals surface area (Å²) in [6.45, 7) is 12.9. The van der Waals surface area contributed by atoms with Crippen molar-refractivity contribution < 1.29 is 4.43 Å². The van der Waals surface area contributed by atoms with E-state index in [0.717, 1.165) is 12.0 Å². The first-order valence-corrected chi connectivity index (χ1v) is 11.9. The molecule has 0 spiro atoms. The molecule has 1 aromatic carbocycles. The summed E-state index contributed by atoms with van der Waals surface area (Å²) in [6, 6.07) is 8.35. The highest BCUT2D eigenvalue weighted by molar-refractivity contribution is 6.74. The summed E-state index contributed by atoms with van der Waals surface area (Å²) in [5.41, 5.74) is 2.37. The number of alkyl halides is 3. The average molecular weight is 394 g/mol. The minimum Gasteiger partial charge on any atom is -0.406 e. The van der Waals surface area contributed by atoms with Gasteiger partial charge in [-0.15, -0.1) is 0 Å². The molecule has 1 nitrogen and oxygen atoms in total. The average Bonchev–Trinajstić information content (AvgIpc) is 2.41. The predicted molar refractivity (Wildman–Crippen MR) is 107 cm³/mol. The van der Waals surface area contributed by atoms with Gasteiger partial charge in [-0.2, -0.15) is 0 Å². The Morgan fingerprint density at radius 3 is 2.00 bits per heavy atom. The van der Waals surface area contributed by atoms with Crippen molar-refractivity contribution in [2.24, 2.45) is 0 Å². The van der Waals surface area contributed by atoms with Crippen LogP contribution in [-0.4, -0.2) is 18.2 Å². The van der Waals surface area contributed by atoms with E-state index in [2.05, 4.69) is 65.1 Å². The van der Waals surface area contributed by atoms with Crippen molar-refractivity contribution in [2.45, 2.75) is 62.1 Å². The summed E-state index contributed by atoms with van der Waals surface area (Å²) < 4.78 is 4.80. The summed E-state index contributed by atoms with van der Waals surface area (Å²) in [7, 11) is -2.04. The molecule has 1 atom stereocenters. The van der Waals surface area contributed by atoms with Gasteiger partial charge in [-0.05, 0) is 35.7 Å². The van der Waals surface area contributed by atoms with Crippen LogP contribution in [0.3, 0.4) is 0 Å². The van der Waals surface area contributed by atoms with E-state index in [-0.39, 0.29) is 5.04 Å². The third-order valence-electron chi connectivity index (χ3n) is 4.40. The third kappa shape index (κ3) is 6.43. The first-order chi connectivity index (χ1) is 10.4. The van der Waals surface area contributed by atoms with E-state index in [1.165, 1.54) is 5.56 Å². The van der Waals surface area contributed by atoms with Crippen LogP contribution in [0.15, 0.2) is 30.3 Å². The third-order valence-corrected chi connectivity index (χ3v) is 9.50. The SMILES string of the molecule is CCc1ccc(/C=C/C(O[Si](C)(C)C(C)(C)C)C(Cl)(Cl)Cl)cc1. The molecule has 0 saturated carbocycles. The minimum atomic E-state index is -2.04. The van der Waals surface area contributed by atoms with E-state index in [9.17, 15) is 0 Å². The lowest BCUT2D eigenvalue weighted by atomic mass is 10.1. The Labute approximate surface area is 157 Å². The smallest absolute Gasteiger partial charge is 0.218 e. The van der Waals surface area contributed by atoms with Crippen LogP contribution in [0, 0.1) is 0 Å². The largest absolute Gasteiger partial charge is 0.406 e. The number of hydrogen-bond donors (Lipinski definition) is 0. The van der Waals surface area contributed by atoms with Gasteiger partial charge in [-0.25, -0.2) is 0 Å². The van der Waals surface area contributed by atoms with Crippen LogP contribution in [0.1, 0.15) is 38.8 Å². The second-order valence-corrected chi connectivity index (χ2v) is 14.4. The Morgan fingerprint density at radius 1 is 1.09 bits per heavy atom. The molecule has 0 aromatic heterocycles. The lowest BCUT2D eigenvalue weighted by Gasteiger charge is -2.40. The molecule has 1 rings (SSSR count). The van der Waals surface area contributed by atoms with Crippen LogP contribution in [0.5, 0.6) is 0 Å². The van der Waals surface area contributed by atoms with Crippen molar-refractivity contribution >= 4 is 49.2 Å². The van der Waals surface area contributed by atoms with Gasteiger partial charge in [0.05, 0.1) is 0 Å². The van der Waals surface area contributed by atoms with Crippen LogP contribution in [0.25, 0.3) is 6.08 Å². The molecule has 0 bridgehead atoms. The zero-order valence-electron chi connectivity index (χ0n) is 14.8. The maximum absolute atomic E-state index is 6.29. The van der Waals surface area contributed by atoms with Gasteiger partial charge >= 0.3 is 0 Å². The molecule has 0 fully saturated rings. The molecule has 0 radical (unpaired) electrons. The van der Waals surface area contributed by atoms with Crippen molar-refractivity contribution in [3.05, 3.63) is 41.5 Å². The lowest BCUT2D eigenvalue weighted by Crippen LogP contribution is -2.46. The molecule has 23 heavy (non-hydrogen) atoms. The van der Waals surface area contributed by atoms with E-state index in [1.807, 2.05) is 12.2 Å². The number of rotatable bonds is 5. The Hall–Kier alpha value is 0.00688. The van der Waals surface area contributed by atoms with Crippen LogP contribution < -0.4 is 0 Å². The molecule has 0 heterocycles. The number of benzene rings is 1. The van der Waals surface area contributed by atoms with E-state index in [1.54, 1.807) is 0 Å². The molecule has 130 valence electrons. The van der Waals surface area contributed by atoms with Gasteiger partial charge in [0.15, 0.2) is 8.32 Å². The monoisotopic (exact) mass is 392 g/mol. The van der Waals surface area contributed by atoms with Gasteiger partial charge < -0.3 is 4.43 Å². The van der Waals surface area contributed by atoms with Gasteiger partial charge in [0.25, 0.3) is 0 Å². The van der Waals surface area contributed by atoms with Crippen molar-refractivity contribution in [3.8, 4) is 0 Å². The fourth-order valence-corrected chi connectivity index (χ4v) is 3.59. The van der Waals surface area contributed by atoms with Crippen LogP contribution in [0.2, 0.25) is 18.1 Å². The molecule has 0 aliphatic heterocycles. The van der Waals surface area contributed by atoms with Crippen molar-refractivity contribution in [3.63, 3.8) is 0 Å². The first-order valence-electron chi connectivity index (χ1n) is 7.88. The zero-order valence-corrected chi connectivity index (χ0v) is 18.1. The van der Waals surface area contributed by atoms with Gasteiger partial charge in [-0.3, -0.25) is 0 Å². The summed E-state index contributed by atoms with van der Waals surface area (Å²) in [6.07, 6.45) is 4.27. The molecule has 0 aliphatic carbocycles. The van der Waals surface area contributed by atoms with E-state index in [4.69, 9.17) is 39.2 Å². The second kappa shape index (κ2) is 7.92. The molecule has 0 saturated heterocycles. The molecule has 1 unspecified atom stereocenters. The van der Waals surface area contributed by atoms with Gasteiger partial charge in [0.1, 0.15) is 6.10 Å². The van der Waals surface area contributed by atoms with E-state index < -0.39 is 18.2 Å². The predicted octanol–water partition coefficient (Wildman–Crippen LogP) is 7.02. The van der Waals surface area contributed by atoms with Crippen LogP contribution >= 0.6 is 34.8 Å². The van der Waals surface area contributed by atoms with Crippen LogP contribution in [0.4, 0.5) is 0 Å². The van der Waals surface area contributed by atoms with Crippen LogP contribution in [-0.2, 0) is 10.8 Å². The lowest BCUT2D eigenvalue weighted by molar-refractivity contribution is 0.229. The summed E-state index contributed by atoms with van der Waals surface area (Å²) in [4.78, 5) is 0. The summed E-state index contributed by atoms with van der Waals surface area (Å²) >= 11 is 18.4. The van der Waals surface area contributed by atoms with Crippen molar-refractivity contribution in [2.75, 3.05) is 0 Å². The quantitative estimate of drug-likeness (QED) is 0.385. The van der Waals surface area contributed by atoms with E-state index in [0.29, 0.717) is 0 Å². The molecule has 0 aliphatic rings. The highest BCUT2D eigenvalue weighted by atomic mass is 35.6. The Kier molecular flexibility index (Phi) is 7.25. The number of halogens is 3. The van der Waals surface area contributed by atoms with Gasteiger partial charge in [-0.1, -0.05) is 98.9 Å². The Bertz CT molecular complexity index is 525. The Morgan fingerprint density at radius 2 is 1.61 bits per heavy atom. The van der Waals surface area contributed by atoms with E-state index >= 15 is 0 Å². The molecular formula is C18H27Cl3OSi. The molecule has 1 aromatic rings. The normalized spacial score (nSPS) is 15.2.